The summed E-state index contributed by atoms with van der Waals surface area (Å²) in [5, 5.41) is 7.14. The molecule has 3 aliphatic carbocycles. The minimum atomic E-state index is -4.28. The van der Waals surface area contributed by atoms with E-state index in [1.54, 1.807) is 17.2 Å². The molecule has 3 N–H and O–H groups in total. The number of pyridine rings is 1. The van der Waals surface area contributed by atoms with Crippen LogP contribution < -0.4 is 15.4 Å². The Hall–Kier alpha value is -4.19. The van der Waals surface area contributed by atoms with E-state index in [-0.39, 0.29) is 39.9 Å². The Labute approximate surface area is 293 Å². The van der Waals surface area contributed by atoms with Crippen molar-refractivity contribution in [2.45, 2.75) is 101 Å². The van der Waals surface area contributed by atoms with Gasteiger partial charge in [0.15, 0.2) is 0 Å². The van der Waals surface area contributed by atoms with Crippen LogP contribution in [0.4, 0.5) is 5.82 Å². The molecule has 3 aromatic rings. The van der Waals surface area contributed by atoms with E-state index in [1.807, 2.05) is 67.1 Å². The highest BCUT2D eigenvalue weighted by Crippen LogP contribution is 2.77. The molecule has 2 aliphatic heterocycles. The number of sulfonamides is 1. The van der Waals surface area contributed by atoms with E-state index in [4.69, 9.17) is 0 Å². The normalized spacial score (nSPS) is 29.9. The number of allylic oxidation sites excluding steroid dienone is 1. The number of carbonyl (C=O) groups is 3. The highest BCUT2D eigenvalue weighted by Gasteiger charge is 2.74. The number of aromatic nitrogens is 2. The summed E-state index contributed by atoms with van der Waals surface area (Å²) in [4.78, 5) is 49.3. The Morgan fingerprint density at radius 3 is 2.58 bits per heavy atom. The van der Waals surface area contributed by atoms with Crippen LogP contribution in [-0.4, -0.2) is 64.8 Å². The maximum absolute atomic E-state index is 14.5. The third kappa shape index (κ3) is 5.41. The smallest absolute Gasteiger partial charge is 0.266 e. The average Bonchev–Trinajstić information content (AvgIpc) is 3.82. The molecule has 264 valence electrons. The number of nitrogens with one attached hydrogen (secondary N) is 3. The number of nitrogens with zero attached hydrogens (tertiary/aromatic N) is 3. The van der Waals surface area contributed by atoms with Crippen LogP contribution in [0.5, 0.6) is 0 Å². The minimum Gasteiger partial charge on any atom is -0.358 e. The lowest BCUT2D eigenvalue weighted by Crippen LogP contribution is -2.57. The topological polar surface area (TPSA) is 142 Å². The number of hydrogen-bond donors (Lipinski definition) is 3. The summed E-state index contributed by atoms with van der Waals surface area (Å²) in [7, 11) is -4.28. The van der Waals surface area contributed by atoms with E-state index in [2.05, 4.69) is 20.3 Å². The number of para-hydroxylation sites is 1. The van der Waals surface area contributed by atoms with E-state index in [0.717, 1.165) is 50.3 Å². The van der Waals surface area contributed by atoms with Crippen LogP contribution >= 0.6 is 0 Å². The number of rotatable bonds is 6. The SMILES string of the molecule is CC(C)C(Nc1ccccn1)C(=O)N1C[C@@]2(C[C@H]1C(=O)N[C@]13C[C@H]1C=CCCCCn1ccc4cccc(c41)S(=O)(=O)NC3=O)CC21CCC1. The van der Waals surface area contributed by atoms with Crippen LogP contribution in [0, 0.1) is 22.7 Å². The van der Waals surface area contributed by atoms with Crippen molar-refractivity contribution in [2.75, 3.05) is 11.9 Å². The molecular formula is C38H46N6O5S. The zero-order valence-electron chi connectivity index (χ0n) is 28.7. The minimum absolute atomic E-state index is 0.0359. The molecule has 5 aliphatic rings. The number of aryl methyl sites for hydroxylation is 1. The summed E-state index contributed by atoms with van der Waals surface area (Å²) in [6, 6.07) is 11.1. The Morgan fingerprint density at radius 2 is 1.86 bits per heavy atom. The van der Waals surface area contributed by atoms with Crippen molar-refractivity contribution < 1.29 is 22.8 Å². The summed E-state index contributed by atoms with van der Waals surface area (Å²) in [6.45, 7) is 5.11. The summed E-state index contributed by atoms with van der Waals surface area (Å²) in [6.07, 6.45) is 15.3. The molecule has 50 heavy (non-hydrogen) atoms. The zero-order valence-corrected chi connectivity index (χ0v) is 29.5. The van der Waals surface area contributed by atoms with Gasteiger partial charge in [-0.1, -0.05) is 50.6 Å². The molecule has 3 amide bonds. The fraction of sp³-hybridized carbons (Fsp3) is 0.526. The Kier molecular flexibility index (Phi) is 7.89. The van der Waals surface area contributed by atoms with Crippen LogP contribution in [0.2, 0.25) is 0 Å². The Morgan fingerprint density at radius 1 is 1.02 bits per heavy atom. The molecule has 0 radical (unpaired) electrons. The second-order valence-electron chi connectivity index (χ2n) is 15.7. The molecule has 5 atom stereocenters. The second kappa shape index (κ2) is 12.0. The first-order chi connectivity index (χ1) is 24.0. The molecule has 2 spiro atoms. The number of benzene rings is 1. The standard InChI is InChI=1S/C38H46N6O5S/c1-25(2)31(40-30-14-6-7-18-39-30)34(46)44-24-37(23-36(37)16-10-17-36)22-28(44)33(45)41-38-21-27(38)12-5-3-4-8-19-43-20-15-26-11-9-13-29(32(26)43)50(48,49)42-35(38)47/h5-7,9,11-15,18,20,25,27-28,31H,3-4,8,10,16-17,19,21-24H2,1-2H3,(H,39,40)(H,41,45)(H,42,47)/t27-,28+,31?,37-,38-/m1/s1. The molecular weight excluding hydrogens is 653 g/mol. The lowest BCUT2D eigenvalue weighted by molar-refractivity contribution is -0.140. The van der Waals surface area contributed by atoms with Crippen LogP contribution in [0.25, 0.3) is 10.9 Å². The highest BCUT2D eigenvalue weighted by molar-refractivity contribution is 7.90. The van der Waals surface area contributed by atoms with Gasteiger partial charge in [-0.3, -0.25) is 14.4 Å². The van der Waals surface area contributed by atoms with Crippen molar-refractivity contribution in [3.8, 4) is 0 Å². The van der Waals surface area contributed by atoms with E-state index in [0.29, 0.717) is 30.8 Å². The molecule has 1 saturated heterocycles. The third-order valence-electron chi connectivity index (χ3n) is 12.3. The number of likely N-dealkylation sites (tertiary alicyclic amines) is 1. The largest absolute Gasteiger partial charge is 0.358 e. The van der Waals surface area contributed by atoms with Gasteiger partial charge in [-0.25, -0.2) is 18.1 Å². The van der Waals surface area contributed by atoms with E-state index < -0.39 is 39.5 Å². The van der Waals surface area contributed by atoms with Crippen LogP contribution in [0.3, 0.4) is 0 Å². The average molecular weight is 699 g/mol. The summed E-state index contributed by atoms with van der Waals surface area (Å²) < 4.78 is 32.1. The summed E-state index contributed by atoms with van der Waals surface area (Å²) in [5.74, 6) is -1.18. The van der Waals surface area contributed by atoms with Crippen LogP contribution in [0.1, 0.15) is 71.6 Å². The monoisotopic (exact) mass is 698 g/mol. The summed E-state index contributed by atoms with van der Waals surface area (Å²) >= 11 is 0. The van der Waals surface area contributed by atoms with Gasteiger partial charge in [0.25, 0.3) is 15.9 Å². The predicted octanol–water partition coefficient (Wildman–Crippen LogP) is 4.75. The van der Waals surface area contributed by atoms with E-state index >= 15 is 0 Å². The fourth-order valence-corrected chi connectivity index (χ4v) is 10.4. The molecule has 3 saturated carbocycles. The molecule has 4 heterocycles. The molecule has 2 aromatic heterocycles. The van der Waals surface area contributed by atoms with Gasteiger partial charge in [-0.15, -0.1) is 0 Å². The van der Waals surface area contributed by atoms with Gasteiger partial charge >= 0.3 is 0 Å². The zero-order chi connectivity index (χ0) is 34.9. The lowest BCUT2D eigenvalue weighted by atomic mass is 9.74. The Balaban J connectivity index is 1.09. The first-order valence-corrected chi connectivity index (χ1v) is 19.6. The second-order valence-corrected chi connectivity index (χ2v) is 17.3. The molecule has 11 nitrogen and oxygen atoms in total. The number of carbonyl (C=O) groups excluding carboxylic acids is 3. The van der Waals surface area contributed by atoms with Crippen molar-refractivity contribution in [3.05, 3.63) is 67.0 Å². The quantitative estimate of drug-likeness (QED) is 0.316. The van der Waals surface area contributed by atoms with E-state index in [9.17, 15) is 22.8 Å². The van der Waals surface area contributed by atoms with Crippen molar-refractivity contribution in [1.82, 2.24) is 24.5 Å². The molecule has 0 bridgehead atoms. The molecule has 8 rings (SSSR count). The van der Waals surface area contributed by atoms with Gasteiger partial charge in [0.05, 0.1) is 5.52 Å². The first-order valence-electron chi connectivity index (χ1n) is 18.1. The van der Waals surface area contributed by atoms with Gasteiger partial charge in [-0.05, 0) is 92.4 Å². The predicted molar refractivity (Wildman–Crippen MR) is 189 cm³/mol. The number of hydrogen-bond acceptors (Lipinski definition) is 7. The van der Waals surface area contributed by atoms with Crippen molar-refractivity contribution >= 4 is 44.5 Å². The molecule has 1 aromatic carbocycles. The fourth-order valence-electron chi connectivity index (χ4n) is 9.16. The number of anilines is 1. The van der Waals surface area contributed by atoms with Crippen LogP contribution in [-0.2, 0) is 31.0 Å². The first kappa shape index (κ1) is 33.0. The summed E-state index contributed by atoms with van der Waals surface area (Å²) in [5.41, 5.74) is -0.810. The number of fused-ring (bicyclic) bond motifs is 2. The van der Waals surface area contributed by atoms with Gasteiger partial charge in [0.1, 0.15) is 28.3 Å². The van der Waals surface area contributed by atoms with Gasteiger partial charge in [0, 0.05) is 36.8 Å². The van der Waals surface area contributed by atoms with Crippen molar-refractivity contribution in [2.24, 2.45) is 22.7 Å². The Bertz CT molecular complexity index is 1990. The third-order valence-corrected chi connectivity index (χ3v) is 13.7. The van der Waals surface area contributed by atoms with Crippen LogP contribution in [0.15, 0.2) is 71.9 Å². The van der Waals surface area contributed by atoms with Gasteiger partial charge < -0.3 is 20.1 Å². The molecule has 12 heteroatoms. The maximum Gasteiger partial charge on any atom is 0.266 e. The highest BCUT2D eigenvalue weighted by atomic mass is 32.2. The molecule has 1 unspecified atom stereocenters. The van der Waals surface area contributed by atoms with Crippen molar-refractivity contribution in [1.29, 1.82) is 0 Å². The lowest BCUT2D eigenvalue weighted by Gasteiger charge is -2.32. The number of amides is 3. The van der Waals surface area contributed by atoms with Gasteiger partial charge in [-0.2, -0.15) is 0 Å². The molecule has 4 fully saturated rings. The van der Waals surface area contributed by atoms with E-state index in [1.165, 1.54) is 6.07 Å². The van der Waals surface area contributed by atoms with Gasteiger partial charge in [0.2, 0.25) is 11.8 Å². The maximum atomic E-state index is 14.5. The van der Waals surface area contributed by atoms with Crippen molar-refractivity contribution in [3.63, 3.8) is 0 Å².